The van der Waals surface area contributed by atoms with Crippen LogP contribution in [0, 0.1) is 23.7 Å². The van der Waals surface area contributed by atoms with Crippen molar-refractivity contribution in [1.29, 1.82) is 0 Å². The molecule has 0 spiro atoms. The molecule has 0 saturated carbocycles. The Morgan fingerprint density at radius 1 is 1.21 bits per heavy atom. The van der Waals surface area contributed by atoms with E-state index in [4.69, 9.17) is 9.47 Å². The lowest BCUT2D eigenvalue weighted by Gasteiger charge is -2.39. The molecular weight excluding hydrogens is 416 g/mol. The standard InChI is InChI=1S/C28H34O5/c1-17(2)26-22-14-19(4)28(32-25(31)15-20-9-7-6-8-10-20)12-11-27(5,33-28)24(30)16-21(22)18(3)13-23(26)29/h6-14,17,21-22,24,26,30H,15-16H2,1-5H3/b19-14-/t21-,22-,24-,26+,27-,28+/m0/s1. The van der Waals surface area contributed by atoms with Gasteiger partial charge >= 0.3 is 5.97 Å². The third-order valence-corrected chi connectivity index (χ3v) is 7.47. The largest absolute Gasteiger partial charge is 0.425 e. The van der Waals surface area contributed by atoms with Gasteiger partial charge in [-0.1, -0.05) is 55.8 Å². The van der Waals surface area contributed by atoms with Crippen LogP contribution in [-0.2, 0) is 25.5 Å². The van der Waals surface area contributed by atoms with E-state index in [9.17, 15) is 14.7 Å². The topological polar surface area (TPSA) is 72.8 Å². The van der Waals surface area contributed by atoms with Crippen molar-refractivity contribution in [3.63, 3.8) is 0 Å². The molecule has 5 heteroatoms. The van der Waals surface area contributed by atoms with E-state index in [1.807, 2.05) is 57.2 Å². The van der Waals surface area contributed by atoms with E-state index in [0.29, 0.717) is 6.42 Å². The monoisotopic (exact) mass is 450 g/mol. The normalized spacial score (nSPS) is 37.4. The van der Waals surface area contributed by atoms with Crippen molar-refractivity contribution in [2.24, 2.45) is 23.7 Å². The Morgan fingerprint density at radius 2 is 1.91 bits per heavy atom. The predicted octanol–water partition coefficient (Wildman–Crippen LogP) is 4.56. The maximum absolute atomic E-state index is 13.0. The Hall–Kier alpha value is -2.50. The number of carbonyl (C=O) groups excluding carboxylic acids is 2. The molecule has 3 aliphatic rings. The third-order valence-electron chi connectivity index (χ3n) is 7.47. The molecule has 5 nitrogen and oxygen atoms in total. The van der Waals surface area contributed by atoms with E-state index in [1.54, 1.807) is 18.2 Å². The van der Waals surface area contributed by atoms with E-state index in [0.717, 1.165) is 16.7 Å². The lowest BCUT2D eigenvalue weighted by atomic mass is 9.65. The van der Waals surface area contributed by atoms with Gasteiger partial charge in [-0.15, -0.1) is 0 Å². The Bertz CT molecular complexity index is 1020. The molecule has 0 fully saturated rings. The van der Waals surface area contributed by atoms with E-state index < -0.39 is 23.5 Å². The highest BCUT2D eigenvalue weighted by atomic mass is 16.7. The number of carbonyl (C=O) groups is 2. The summed E-state index contributed by atoms with van der Waals surface area (Å²) < 4.78 is 12.4. The number of hydrogen-bond donors (Lipinski definition) is 1. The molecule has 6 atom stereocenters. The number of ketones is 1. The number of aliphatic hydroxyl groups is 1. The van der Waals surface area contributed by atoms with Crippen LogP contribution >= 0.6 is 0 Å². The SMILES string of the molecule is CC1=CC(=O)[C@H](C(C)C)[C@H]2/C=C(/C)[C@@]3(OC(=O)Cc4ccccc4)C=C[C@](C)(O3)[C@@H](O)C[C@@H]12. The van der Waals surface area contributed by atoms with Crippen molar-refractivity contribution in [1.82, 2.24) is 0 Å². The van der Waals surface area contributed by atoms with Crippen LogP contribution in [0.1, 0.15) is 46.6 Å². The molecule has 176 valence electrons. The van der Waals surface area contributed by atoms with Gasteiger partial charge in [-0.3, -0.25) is 9.59 Å². The first-order chi connectivity index (χ1) is 15.5. The number of aliphatic hydroxyl groups excluding tert-OH is 1. The molecule has 0 aromatic heterocycles. The van der Waals surface area contributed by atoms with Crippen LogP contribution in [-0.4, -0.2) is 34.4 Å². The molecule has 2 aliphatic heterocycles. The van der Waals surface area contributed by atoms with Crippen LogP contribution in [0.2, 0.25) is 0 Å². The minimum absolute atomic E-state index is 0.00490. The van der Waals surface area contributed by atoms with Gasteiger partial charge in [-0.05, 0) is 74.3 Å². The molecule has 1 aromatic rings. The van der Waals surface area contributed by atoms with Gasteiger partial charge in [-0.25, -0.2) is 0 Å². The van der Waals surface area contributed by atoms with Gasteiger partial charge in [-0.2, -0.15) is 0 Å². The number of esters is 1. The minimum Gasteiger partial charge on any atom is -0.425 e. The second-order valence-corrected chi connectivity index (χ2v) is 10.3. The van der Waals surface area contributed by atoms with Gasteiger partial charge in [0.15, 0.2) is 5.78 Å². The molecule has 2 bridgehead atoms. The molecule has 33 heavy (non-hydrogen) atoms. The van der Waals surface area contributed by atoms with Gasteiger partial charge < -0.3 is 14.6 Å². The first-order valence-corrected chi connectivity index (χ1v) is 11.8. The number of rotatable bonds is 4. The van der Waals surface area contributed by atoms with Crippen molar-refractivity contribution < 1.29 is 24.2 Å². The fourth-order valence-corrected chi connectivity index (χ4v) is 5.55. The molecule has 1 aromatic carbocycles. The van der Waals surface area contributed by atoms with Crippen LogP contribution in [0.3, 0.4) is 0 Å². The van der Waals surface area contributed by atoms with Crippen molar-refractivity contribution in [2.75, 3.05) is 0 Å². The summed E-state index contributed by atoms with van der Waals surface area (Å²) in [6.45, 7) is 9.78. The van der Waals surface area contributed by atoms with Gasteiger partial charge in [0.05, 0.1) is 12.5 Å². The van der Waals surface area contributed by atoms with Crippen molar-refractivity contribution in [3.8, 4) is 0 Å². The van der Waals surface area contributed by atoms with E-state index in [2.05, 4.69) is 13.8 Å². The molecular formula is C28H34O5. The molecule has 0 radical (unpaired) electrons. The summed E-state index contributed by atoms with van der Waals surface area (Å²) in [6.07, 6.45) is 7.09. The average molecular weight is 451 g/mol. The smallest absolute Gasteiger partial charge is 0.313 e. The fourth-order valence-electron chi connectivity index (χ4n) is 5.55. The summed E-state index contributed by atoms with van der Waals surface area (Å²) >= 11 is 0. The minimum atomic E-state index is -1.41. The van der Waals surface area contributed by atoms with Crippen LogP contribution in [0.25, 0.3) is 0 Å². The van der Waals surface area contributed by atoms with E-state index in [-0.39, 0.29) is 35.9 Å². The van der Waals surface area contributed by atoms with E-state index in [1.165, 1.54) is 0 Å². The van der Waals surface area contributed by atoms with Gasteiger partial charge in [0.1, 0.15) is 5.60 Å². The van der Waals surface area contributed by atoms with Crippen LogP contribution in [0.5, 0.6) is 0 Å². The summed E-state index contributed by atoms with van der Waals surface area (Å²) in [5, 5.41) is 11.3. The molecule has 2 heterocycles. The lowest BCUT2D eigenvalue weighted by molar-refractivity contribution is -0.228. The third kappa shape index (κ3) is 4.36. The highest BCUT2D eigenvalue weighted by Crippen LogP contribution is 2.48. The zero-order valence-electron chi connectivity index (χ0n) is 20.1. The predicted molar refractivity (Wildman–Crippen MR) is 126 cm³/mol. The van der Waals surface area contributed by atoms with Crippen molar-refractivity contribution >= 4 is 11.8 Å². The number of benzene rings is 1. The van der Waals surface area contributed by atoms with Gasteiger partial charge in [0.25, 0.3) is 5.79 Å². The van der Waals surface area contributed by atoms with E-state index >= 15 is 0 Å². The Balaban J connectivity index is 1.74. The Labute approximate surface area is 196 Å². The second-order valence-electron chi connectivity index (χ2n) is 10.3. The lowest BCUT2D eigenvalue weighted by Crippen LogP contribution is -2.46. The zero-order valence-corrected chi connectivity index (χ0v) is 20.1. The molecule has 0 saturated heterocycles. The molecule has 0 amide bonds. The fraction of sp³-hybridized carbons (Fsp3) is 0.500. The first kappa shape index (κ1) is 23.7. The van der Waals surface area contributed by atoms with Crippen molar-refractivity contribution in [2.45, 2.75) is 65.0 Å². The summed E-state index contributed by atoms with van der Waals surface area (Å²) in [5.41, 5.74) is 1.55. The number of fused-ring (bicyclic) bond motifs is 3. The maximum atomic E-state index is 13.0. The van der Waals surface area contributed by atoms with Crippen molar-refractivity contribution in [3.05, 3.63) is 71.3 Å². The Kier molecular flexibility index (Phi) is 6.23. The highest BCUT2D eigenvalue weighted by molar-refractivity contribution is 5.94. The molecule has 1 aliphatic carbocycles. The van der Waals surface area contributed by atoms with Crippen LogP contribution in [0.15, 0.2) is 65.8 Å². The average Bonchev–Trinajstić information content (AvgIpc) is 3.10. The van der Waals surface area contributed by atoms with Gasteiger partial charge in [0, 0.05) is 5.92 Å². The summed E-state index contributed by atoms with van der Waals surface area (Å²) in [4.78, 5) is 25.9. The number of ether oxygens (including phenoxy) is 2. The summed E-state index contributed by atoms with van der Waals surface area (Å²) in [5.74, 6) is -1.87. The van der Waals surface area contributed by atoms with Crippen LogP contribution in [0.4, 0.5) is 0 Å². The molecule has 0 unspecified atom stereocenters. The second kappa shape index (κ2) is 8.69. The van der Waals surface area contributed by atoms with Gasteiger partial charge in [0.2, 0.25) is 0 Å². The molecule has 1 N–H and O–H groups in total. The molecule has 4 rings (SSSR count). The Morgan fingerprint density at radius 3 is 2.58 bits per heavy atom. The summed E-state index contributed by atoms with van der Waals surface area (Å²) in [7, 11) is 0. The first-order valence-electron chi connectivity index (χ1n) is 11.8. The number of allylic oxidation sites excluding steroid dienone is 3. The van der Waals surface area contributed by atoms with Crippen LogP contribution < -0.4 is 0 Å². The quantitative estimate of drug-likeness (QED) is 0.538. The number of hydrogen-bond acceptors (Lipinski definition) is 5. The highest BCUT2D eigenvalue weighted by Gasteiger charge is 2.53. The maximum Gasteiger partial charge on any atom is 0.313 e. The summed E-state index contributed by atoms with van der Waals surface area (Å²) in [6, 6.07) is 9.42. The zero-order chi connectivity index (χ0) is 24.0.